The third-order valence-corrected chi connectivity index (χ3v) is 13.6. The standard InChI is InChI=1S/C64H52O24/c1-79-63(77)31-87-55-23-51(83-27-59(69)70)43-16-44-20-48(56(88-32-64(78)80-2)24-52(44)84-28-60(71)72)38-10-6-34-4-8-36(12-40(34)14-38)46-18-42(50(82-26-58(67)68)22-54(46)86-30-62(75)76)15-41-17-45(53(85-29-61(73)74)21-49(41)81-25-57(65)66)35-7-3-33-5-9-37(47(55)19-43)13-39(33)11-35/h3-14,17-24H,15-16,25-32H2,1-2H3,(H,65,66)(H,67,68)(H,69,70)(H,71,72)(H,73,74)(H,75,76). The van der Waals surface area contributed by atoms with Crippen LogP contribution >= 0.6 is 0 Å². The van der Waals surface area contributed by atoms with Gasteiger partial charge in [-0.1, -0.05) is 48.5 Å². The van der Waals surface area contributed by atoms with E-state index in [2.05, 4.69) is 0 Å². The minimum atomic E-state index is -1.37. The number of carboxylic acid groups (broad SMARTS) is 6. The van der Waals surface area contributed by atoms with Crippen LogP contribution in [0.4, 0.5) is 0 Å². The van der Waals surface area contributed by atoms with Crippen molar-refractivity contribution in [2.45, 2.75) is 12.8 Å². The third-order valence-electron chi connectivity index (χ3n) is 13.6. The molecule has 0 amide bonds. The van der Waals surface area contributed by atoms with Crippen molar-refractivity contribution in [1.82, 2.24) is 0 Å². The zero-order chi connectivity index (χ0) is 62.8. The topological polar surface area (TPSA) is 350 Å². The van der Waals surface area contributed by atoms with Gasteiger partial charge in [-0.3, -0.25) is 0 Å². The van der Waals surface area contributed by atoms with Gasteiger partial charge in [0.1, 0.15) is 46.0 Å². The molecular formula is C64H52O24. The summed E-state index contributed by atoms with van der Waals surface area (Å²) in [6.07, 6.45) is -0.404. The van der Waals surface area contributed by atoms with Gasteiger partial charge in [-0.2, -0.15) is 0 Å². The van der Waals surface area contributed by atoms with Crippen LogP contribution in [-0.2, 0) is 60.7 Å². The second-order valence-electron chi connectivity index (χ2n) is 19.6. The zero-order valence-corrected chi connectivity index (χ0v) is 46.6. The molecule has 0 aromatic heterocycles. The van der Waals surface area contributed by atoms with Crippen molar-refractivity contribution in [1.29, 1.82) is 0 Å². The van der Waals surface area contributed by atoms with Gasteiger partial charge in [0.25, 0.3) is 0 Å². The van der Waals surface area contributed by atoms with E-state index in [-0.39, 0.29) is 81.1 Å². The van der Waals surface area contributed by atoms with Crippen LogP contribution in [0.25, 0.3) is 66.1 Å². The van der Waals surface area contributed by atoms with Crippen molar-refractivity contribution in [3.8, 4) is 90.5 Å². The molecule has 24 nitrogen and oxygen atoms in total. The van der Waals surface area contributed by atoms with Crippen molar-refractivity contribution in [3.63, 3.8) is 0 Å². The van der Waals surface area contributed by atoms with Gasteiger partial charge in [0.05, 0.1) is 14.2 Å². The van der Waals surface area contributed by atoms with Gasteiger partial charge in [0, 0.05) is 59.4 Å². The second-order valence-corrected chi connectivity index (χ2v) is 19.6. The number of aliphatic carboxylic acids is 6. The summed E-state index contributed by atoms with van der Waals surface area (Å²) in [6, 6.07) is 32.9. The van der Waals surface area contributed by atoms with Gasteiger partial charge >= 0.3 is 47.8 Å². The second kappa shape index (κ2) is 27.0. The van der Waals surface area contributed by atoms with Crippen molar-refractivity contribution in [2.24, 2.45) is 0 Å². The van der Waals surface area contributed by atoms with E-state index < -0.39 is 101 Å². The molecule has 0 saturated carbocycles. The Morgan fingerprint density at radius 1 is 0.284 bits per heavy atom. The SMILES string of the molecule is COC(=O)COc1cc(OCC(=O)O)c2cc1-c1ccc3ccc(cc3c1)-c1cc(c(OCC(=O)O)cc1OCC(=O)O)Cc1cc(c(OCC(=O)O)cc1OCC(=O)O)-c1ccc3ccc(cc3c1)-c1cc(c(OCC(=O)O)cc1OCC(=O)OC)C2. The molecule has 8 aromatic rings. The maximum Gasteiger partial charge on any atom is 0.343 e. The Bertz CT molecular complexity index is 3850. The summed E-state index contributed by atoms with van der Waals surface area (Å²) in [5.41, 5.74) is 4.04. The number of carbonyl (C=O) groups excluding carboxylic acids is 2. The number of esters is 2. The summed E-state index contributed by atoms with van der Waals surface area (Å²) in [5, 5.41) is 61.6. The van der Waals surface area contributed by atoms with Gasteiger partial charge in [0.15, 0.2) is 52.9 Å². The normalized spacial score (nSPS) is 11.3. The average molecular weight is 1210 g/mol. The van der Waals surface area contributed by atoms with E-state index in [1.807, 2.05) is 0 Å². The molecular weight excluding hydrogens is 1150 g/mol. The van der Waals surface area contributed by atoms with E-state index in [9.17, 15) is 69.0 Å². The monoisotopic (exact) mass is 1200 g/mol. The number of carboxylic acids is 6. The number of fused-ring (bicyclic) bond motifs is 16. The van der Waals surface area contributed by atoms with Crippen molar-refractivity contribution in [3.05, 3.63) is 144 Å². The van der Waals surface area contributed by atoms with Crippen LogP contribution in [0.1, 0.15) is 22.3 Å². The molecule has 8 aromatic carbocycles. The van der Waals surface area contributed by atoms with Crippen LogP contribution in [0.15, 0.2) is 121 Å². The fraction of sp³-hybridized carbons (Fsp3) is 0.188. The molecule has 1 aliphatic rings. The number of carbonyl (C=O) groups is 8. The molecule has 1 aliphatic carbocycles. The molecule has 14 bridgehead atoms. The van der Waals surface area contributed by atoms with E-state index in [1.165, 1.54) is 24.3 Å². The molecule has 0 atom stereocenters. The van der Waals surface area contributed by atoms with E-state index in [4.69, 9.17) is 47.4 Å². The van der Waals surface area contributed by atoms with E-state index >= 15 is 0 Å². The quantitative estimate of drug-likeness (QED) is 0.0312. The van der Waals surface area contributed by atoms with E-state index in [0.717, 1.165) is 14.2 Å². The first-order valence-electron chi connectivity index (χ1n) is 26.5. The Morgan fingerprint density at radius 3 is 0.716 bits per heavy atom. The van der Waals surface area contributed by atoms with Crippen molar-refractivity contribution in [2.75, 3.05) is 67.1 Å². The molecule has 9 rings (SSSR count). The van der Waals surface area contributed by atoms with Crippen molar-refractivity contribution < 1.29 is 116 Å². The lowest BCUT2D eigenvalue weighted by atomic mass is 9.91. The number of hydrogen-bond donors (Lipinski definition) is 6. The zero-order valence-electron chi connectivity index (χ0n) is 46.6. The summed E-state index contributed by atoms with van der Waals surface area (Å²) < 4.78 is 57.2. The molecule has 24 heteroatoms. The summed E-state index contributed by atoms with van der Waals surface area (Å²) in [4.78, 5) is 98.0. The predicted molar refractivity (Wildman–Crippen MR) is 309 cm³/mol. The average Bonchev–Trinajstić information content (AvgIpc) is 1.07. The molecule has 88 heavy (non-hydrogen) atoms. The van der Waals surface area contributed by atoms with Crippen LogP contribution in [0.5, 0.6) is 46.0 Å². The maximum atomic E-state index is 12.7. The number of rotatable bonds is 24. The molecule has 452 valence electrons. The van der Waals surface area contributed by atoms with Gasteiger partial charge in [-0.15, -0.1) is 0 Å². The highest BCUT2D eigenvalue weighted by Crippen LogP contribution is 2.46. The van der Waals surface area contributed by atoms with Gasteiger partial charge in [-0.25, -0.2) is 38.4 Å². The first kappa shape index (κ1) is 61.0. The molecule has 6 N–H and O–H groups in total. The minimum absolute atomic E-state index is 0.0268. The molecule has 0 spiro atoms. The Balaban J connectivity index is 1.39. The van der Waals surface area contributed by atoms with Gasteiger partial charge in [-0.05, 0) is 115 Å². The highest BCUT2D eigenvalue weighted by atomic mass is 16.6. The lowest BCUT2D eigenvalue weighted by molar-refractivity contribution is -0.143. The molecule has 0 heterocycles. The van der Waals surface area contributed by atoms with Crippen LogP contribution in [0, 0.1) is 0 Å². The van der Waals surface area contributed by atoms with Gasteiger partial charge in [0.2, 0.25) is 0 Å². The third kappa shape index (κ3) is 14.8. The number of hydrogen-bond acceptors (Lipinski definition) is 18. The largest absolute Gasteiger partial charge is 0.481 e. The van der Waals surface area contributed by atoms with E-state index in [1.54, 1.807) is 97.1 Å². The fourth-order valence-electron chi connectivity index (χ4n) is 9.70. The number of methoxy groups -OCH3 is 2. The lowest BCUT2D eigenvalue weighted by Crippen LogP contribution is -2.15. The summed E-state index contributed by atoms with van der Waals surface area (Å²) >= 11 is 0. The van der Waals surface area contributed by atoms with E-state index in [0.29, 0.717) is 66.1 Å². The highest BCUT2D eigenvalue weighted by molar-refractivity contribution is 5.95. The fourth-order valence-corrected chi connectivity index (χ4v) is 9.70. The molecule has 0 saturated heterocycles. The Kier molecular flexibility index (Phi) is 18.7. The first-order valence-corrected chi connectivity index (χ1v) is 26.5. The predicted octanol–water partition coefficient (Wildman–Crippen LogP) is 8.04. The Morgan fingerprint density at radius 2 is 0.500 bits per heavy atom. The van der Waals surface area contributed by atoms with Crippen LogP contribution in [0.2, 0.25) is 0 Å². The molecule has 0 radical (unpaired) electrons. The molecule has 0 fully saturated rings. The number of benzene rings is 8. The van der Waals surface area contributed by atoms with Crippen LogP contribution in [-0.4, -0.2) is 145 Å². The van der Waals surface area contributed by atoms with Crippen LogP contribution < -0.4 is 37.9 Å². The molecule has 0 aliphatic heterocycles. The van der Waals surface area contributed by atoms with Gasteiger partial charge < -0.3 is 78.0 Å². The minimum Gasteiger partial charge on any atom is -0.481 e. The molecule has 0 unspecified atom stereocenters. The first-order chi connectivity index (χ1) is 42.2. The summed E-state index contributed by atoms with van der Waals surface area (Å²) in [6.45, 7) is -6.37. The van der Waals surface area contributed by atoms with Crippen LogP contribution in [0.3, 0.4) is 0 Å². The number of ether oxygens (including phenoxy) is 10. The summed E-state index contributed by atoms with van der Waals surface area (Å²) in [5.74, 6) is -9.99. The Labute approximate surface area is 498 Å². The highest BCUT2D eigenvalue weighted by Gasteiger charge is 2.25. The lowest BCUT2D eigenvalue weighted by Gasteiger charge is -2.21. The van der Waals surface area contributed by atoms with Crippen molar-refractivity contribution >= 4 is 69.3 Å². The summed E-state index contributed by atoms with van der Waals surface area (Å²) in [7, 11) is 2.32. The maximum absolute atomic E-state index is 12.7. The smallest absolute Gasteiger partial charge is 0.343 e. The Hall–Kier alpha value is -11.6.